The van der Waals surface area contributed by atoms with Gasteiger partial charge < -0.3 is 15.0 Å². The van der Waals surface area contributed by atoms with Gasteiger partial charge in [0.1, 0.15) is 11.4 Å². The minimum atomic E-state index is -0.741. The first kappa shape index (κ1) is 29.8. The highest BCUT2D eigenvalue weighted by atomic mass is 16.5. The summed E-state index contributed by atoms with van der Waals surface area (Å²) in [5.41, 5.74) is 2.60. The third kappa shape index (κ3) is 6.52. The monoisotopic (exact) mass is 563 g/mol. The number of aromatic amines is 1. The third-order valence-electron chi connectivity index (χ3n) is 9.30. The van der Waals surface area contributed by atoms with E-state index in [2.05, 4.69) is 115 Å². The lowest BCUT2D eigenvalue weighted by atomic mass is 9.80. The quantitative estimate of drug-likeness (QED) is 0.163. The van der Waals surface area contributed by atoms with Crippen LogP contribution in [-0.4, -0.2) is 28.5 Å². The van der Waals surface area contributed by atoms with Crippen LogP contribution in [0.1, 0.15) is 81.3 Å². The van der Waals surface area contributed by atoms with Gasteiger partial charge in [-0.25, -0.2) is 4.98 Å². The zero-order valence-corrected chi connectivity index (χ0v) is 25.2. The van der Waals surface area contributed by atoms with E-state index < -0.39 is 5.60 Å². The number of carbonyl (C=O) groups excluding carboxylic acids is 1. The van der Waals surface area contributed by atoms with E-state index in [1.165, 1.54) is 0 Å². The number of hydrogen-bond acceptors (Lipinski definition) is 3. The lowest BCUT2D eigenvalue weighted by Crippen LogP contribution is -2.41. The van der Waals surface area contributed by atoms with Crippen molar-refractivity contribution in [3.8, 4) is 0 Å². The molecule has 0 radical (unpaired) electrons. The van der Waals surface area contributed by atoms with Crippen LogP contribution in [0, 0.1) is 17.8 Å². The standard InChI is InChI=1S/C37H45N3O2/c1-4-28(5-2)25-35(40-27(3)41)33-23-29(24-34(33)36-38-21-22-39-36)26-42-37(30-15-9-6-10-16-30,31-17-11-7-12-18-31)32-19-13-8-14-20-32/h6-22,28-29,33-35H,4-5,23-26H2,1-3H3,(H,38,39)(H,40,41)/t29-,33-,34-,35+/m1/s1. The number of H-pyrrole nitrogens is 1. The topological polar surface area (TPSA) is 67.0 Å². The number of benzene rings is 3. The molecule has 0 saturated heterocycles. The summed E-state index contributed by atoms with van der Waals surface area (Å²) in [5, 5.41) is 3.36. The number of nitrogens with one attached hydrogen (secondary N) is 2. The van der Waals surface area contributed by atoms with Crippen molar-refractivity contribution in [1.82, 2.24) is 15.3 Å². The fourth-order valence-electron chi connectivity index (χ4n) is 7.15. The maximum Gasteiger partial charge on any atom is 0.217 e. The van der Waals surface area contributed by atoms with Crippen molar-refractivity contribution in [3.05, 3.63) is 126 Å². The highest BCUT2D eigenvalue weighted by Gasteiger charge is 2.44. The largest absolute Gasteiger partial charge is 0.361 e. The zero-order valence-electron chi connectivity index (χ0n) is 25.2. The smallest absolute Gasteiger partial charge is 0.217 e. The lowest BCUT2D eigenvalue weighted by Gasteiger charge is -2.37. The van der Waals surface area contributed by atoms with Crippen molar-refractivity contribution in [2.24, 2.45) is 17.8 Å². The molecule has 4 atom stereocenters. The van der Waals surface area contributed by atoms with E-state index in [4.69, 9.17) is 9.72 Å². The highest BCUT2D eigenvalue weighted by Crippen LogP contribution is 2.47. The van der Waals surface area contributed by atoms with E-state index in [9.17, 15) is 4.79 Å². The summed E-state index contributed by atoms with van der Waals surface area (Å²) in [7, 11) is 0. The molecule has 3 aromatic carbocycles. The molecule has 1 aromatic heterocycles. The normalized spacial score (nSPS) is 19.6. The molecule has 0 spiro atoms. The maximum atomic E-state index is 12.4. The summed E-state index contributed by atoms with van der Waals surface area (Å²) in [6.07, 6.45) is 8.92. The zero-order chi connectivity index (χ0) is 29.4. The van der Waals surface area contributed by atoms with Gasteiger partial charge in [-0.2, -0.15) is 0 Å². The van der Waals surface area contributed by atoms with Crippen LogP contribution in [0.2, 0.25) is 0 Å². The van der Waals surface area contributed by atoms with Gasteiger partial charge in [-0.3, -0.25) is 4.79 Å². The van der Waals surface area contributed by atoms with E-state index in [-0.39, 0.29) is 23.8 Å². The van der Waals surface area contributed by atoms with Crippen LogP contribution in [-0.2, 0) is 15.1 Å². The second kappa shape index (κ2) is 14.0. The number of nitrogens with zero attached hydrogens (tertiary/aromatic N) is 1. The first-order valence-electron chi connectivity index (χ1n) is 15.6. The Bertz CT molecular complexity index is 1260. The van der Waals surface area contributed by atoms with Gasteiger partial charge in [-0.15, -0.1) is 0 Å². The Morgan fingerprint density at radius 2 is 1.45 bits per heavy atom. The van der Waals surface area contributed by atoms with Gasteiger partial charge in [-0.05, 0) is 53.7 Å². The Kier molecular flexibility index (Phi) is 9.91. The van der Waals surface area contributed by atoms with Crippen LogP contribution in [0.15, 0.2) is 103 Å². The molecule has 1 aliphatic rings. The third-order valence-corrected chi connectivity index (χ3v) is 9.30. The molecule has 0 bridgehead atoms. The van der Waals surface area contributed by atoms with Crippen molar-refractivity contribution in [3.63, 3.8) is 0 Å². The van der Waals surface area contributed by atoms with Crippen LogP contribution in [0.3, 0.4) is 0 Å². The summed E-state index contributed by atoms with van der Waals surface area (Å²) in [6, 6.07) is 31.9. The molecule has 220 valence electrons. The molecule has 1 heterocycles. The van der Waals surface area contributed by atoms with Crippen molar-refractivity contribution in [1.29, 1.82) is 0 Å². The molecule has 2 N–H and O–H groups in total. The molecule has 1 saturated carbocycles. The Morgan fingerprint density at radius 3 is 1.90 bits per heavy atom. The van der Waals surface area contributed by atoms with Gasteiger partial charge in [-0.1, -0.05) is 118 Å². The number of carbonyl (C=O) groups is 1. The van der Waals surface area contributed by atoms with Crippen LogP contribution in [0.5, 0.6) is 0 Å². The number of hydrogen-bond donors (Lipinski definition) is 2. The van der Waals surface area contributed by atoms with Crippen LogP contribution in [0.4, 0.5) is 0 Å². The fraction of sp³-hybridized carbons (Fsp3) is 0.405. The molecule has 4 aromatic rings. The Morgan fingerprint density at radius 1 is 0.905 bits per heavy atom. The average molecular weight is 564 g/mol. The molecule has 42 heavy (non-hydrogen) atoms. The van der Waals surface area contributed by atoms with Crippen LogP contribution < -0.4 is 5.32 Å². The van der Waals surface area contributed by atoms with Gasteiger partial charge >= 0.3 is 0 Å². The molecule has 5 heteroatoms. The van der Waals surface area contributed by atoms with E-state index in [0.29, 0.717) is 18.4 Å². The lowest BCUT2D eigenvalue weighted by molar-refractivity contribution is -0.120. The molecule has 1 fully saturated rings. The van der Waals surface area contributed by atoms with Gasteiger partial charge in [0, 0.05) is 31.3 Å². The fourth-order valence-corrected chi connectivity index (χ4v) is 7.15. The number of aromatic nitrogens is 2. The Labute approximate surface area is 251 Å². The van der Waals surface area contributed by atoms with Gasteiger partial charge in [0.15, 0.2) is 0 Å². The van der Waals surface area contributed by atoms with E-state index in [1.807, 2.05) is 12.4 Å². The maximum absolute atomic E-state index is 12.4. The van der Waals surface area contributed by atoms with Crippen molar-refractivity contribution in [2.75, 3.05) is 6.61 Å². The van der Waals surface area contributed by atoms with E-state index in [1.54, 1.807) is 6.92 Å². The minimum Gasteiger partial charge on any atom is -0.361 e. The number of rotatable bonds is 13. The summed E-state index contributed by atoms with van der Waals surface area (Å²) in [5.74, 6) is 2.48. The summed E-state index contributed by atoms with van der Waals surface area (Å²) < 4.78 is 7.25. The summed E-state index contributed by atoms with van der Waals surface area (Å²) >= 11 is 0. The second-order valence-corrected chi connectivity index (χ2v) is 11.9. The second-order valence-electron chi connectivity index (χ2n) is 11.9. The number of imidazole rings is 1. The van der Waals surface area contributed by atoms with Crippen LogP contribution in [0.25, 0.3) is 0 Å². The molecule has 1 aliphatic carbocycles. The SMILES string of the molecule is CCC(CC)C[C@H](NC(C)=O)[C@@H]1C[C@@H](COC(c2ccccc2)(c2ccccc2)c2ccccc2)C[C@H]1c1ncc[nH]1. The Balaban J connectivity index is 1.49. The first-order chi connectivity index (χ1) is 20.5. The van der Waals surface area contributed by atoms with Crippen molar-refractivity contribution in [2.45, 2.75) is 70.4 Å². The molecule has 0 unspecified atom stereocenters. The number of amides is 1. The van der Waals surface area contributed by atoms with Crippen molar-refractivity contribution >= 4 is 5.91 Å². The average Bonchev–Trinajstić information content (AvgIpc) is 3.72. The highest BCUT2D eigenvalue weighted by molar-refractivity contribution is 5.73. The molecule has 1 amide bonds. The number of ether oxygens (including phenoxy) is 1. The van der Waals surface area contributed by atoms with Crippen molar-refractivity contribution < 1.29 is 9.53 Å². The van der Waals surface area contributed by atoms with E-state index >= 15 is 0 Å². The summed E-state index contributed by atoms with van der Waals surface area (Å²) in [6.45, 7) is 6.75. The van der Waals surface area contributed by atoms with Gasteiger partial charge in [0.05, 0.1) is 6.61 Å². The van der Waals surface area contributed by atoms with Gasteiger partial charge in [0.25, 0.3) is 0 Å². The van der Waals surface area contributed by atoms with Crippen LogP contribution >= 0.6 is 0 Å². The first-order valence-corrected chi connectivity index (χ1v) is 15.6. The molecule has 5 rings (SSSR count). The molecular weight excluding hydrogens is 518 g/mol. The minimum absolute atomic E-state index is 0.0418. The summed E-state index contributed by atoms with van der Waals surface area (Å²) in [4.78, 5) is 20.5. The predicted octanol–water partition coefficient (Wildman–Crippen LogP) is 7.86. The van der Waals surface area contributed by atoms with Gasteiger partial charge in [0.2, 0.25) is 5.91 Å². The molecule has 5 nitrogen and oxygen atoms in total. The molecular formula is C37H45N3O2. The Hall–Kier alpha value is -3.70. The molecule has 0 aliphatic heterocycles. The predicted molar refractivity (Wildman–Crippen MR) is 169 cm³/mol. The van der Waals surface area contributed by atoms with E-state index in [0.717, 1.165) is 54.6 Å².